The fourth-order valence-electron chi connectivity index (χ4n) is 2.43. The van der Waals surface area contributed by atoms with E-state index in [0.717, 1.165) is 22.6 Å². The summed E-state index contributed by atoms with van der Waals surface area (Å²) in [6.07, 6.45) is 2.01. The molecule has 0 radical (unpaired) electrons. The Bertz CT molecular complexity index is 726. The molecule has 3 rings (SSSR count). The van der Waals surface area contributed by atoms with Gasteiger partial charge in [-0.3, -0.25) is 0 Å². The van der Waals surface area contributed by atoms with Crippen LogP contribution in [0.4, 0.5) is 0 Å². The van der Waals surface area contributed by atoms with Crippen LogP contribution < -0.4 is 0 Å². The number of benzene rings is 1. The van der Waals surface area contributed by atoms with E-state index >= 15 is 0 Å². The fourth-order valence-corrected chi connectivity index (χ4v) is 2.69. The third-order valence-electron chi connectivity index (χ3n) is 3.61. The standard InChI is InChI=1S/C17H17ClN2/c1-12(2)13-6-8-14(9-7-13)17-15(11-18)20-10-4-3-5-16(20)19-17/h3-10,12H,11H2,1-2H3. The molecule has 0 aliphatic rings. The normalized spacial score (nSPS) is 11.4. The number of hydrogen-bond donors (Lipinski definition) is 0. The minimum atomic E-state index is 0.451. The van der Waals surface area contributed by atoms with Crippen LogP contribution in [0.1, 0.15) is 31.0 Å². The van der Waals surface area contributed by atoms with Crippen LogP contribution in [-0.2, 0) is 5.88 Å². The molecule has 0 amide bonds. The Hall–Kier alpha value is -1.80. The monoisotopic (exact) mass is 284 g/mol. The average Bonchev–Trinajstić information content (AvgIpc) is 2.85. The summed E-state index contributed by atoms with van der Waals surface area (Å²) in [6, 6.07) is 14.6. The lowest BCUT2D eigenvalue weighted by molar-refractivity contribution is 0.867. The number of nitrogens with zero attached hydrogens (tertiary/aromatic N) is 2. The van der Waals surface area contributed by atoms with E-state index in [9.17, 15) is 0 Å². The summed E-state index contributed by atoms with van der Waals surface area (Å²) >= 11 is 6.12. The lowest BCUT2D eigenvalue weighted by atomic mass is 10.0. The van der Waals surface area contributed by atoms with E-state index in [0.29, 0.717) is 11.8 Å². The van der Waals surface area contributed by atoms with Crippen molar-refractivity contribution in [1.29, 1.82) is 0 Å². The zero-order valence-corrected chi connectivity index (χ0v) is 12.4. The first-order valence-electron chi connectivity index (χ1n) is 6.83. The molecule has 2 nitrogen and oxygen atoms in total. The molecule has 0 saturated carbocycles. The number of fused-ring (bicyclic) bond motifs is 1. The van der Waals surface area contributed by atoms with Gasteiger partial charge in [-0.2, -0.15) is 0 Å². The Kier molecular flexibility index (Phi) is 3.49. The van der Waals surface area contributed by atoms with E-state index in [-0.39, 0.29) is 0 Å². The Morgan fingerprint density at radius 3 is 2.50 bits per heavy atom. The third-order valence-corrected chi connectivity index (χ3v) is 3.86. The molecule has 20 heavy (non-hydrogen) atoms. The van der Waals surface area contributed by atoms with E-state index in [1.54, 1.807) is 0 Å². The van der Waals surface area contributed by atoms with Crippen molar-refractivity contribution in [2.24, 2.45) is 0 Å². The second kappa shape index (κ2) is 5.29. The minimum Gasteiger partial charge on any atom is -0.302 e. The summed E-state index contributed by atoms with van der Waals surface area (Å²) < 4.78 is 2.05. The maximum absolute atomic E-state index is 6.12. The van der Waals surface area contributed by atoms with Gasteiger partial charge in [0.2, 0.25) is 0 Å². The molecule has 0 N–H and O–H groups in total. The molecule has 102 valence electrons. The SMILES string of the molecule is CC(C)c1ccc(-c2nc3ccccn3c2CCl)cc1. The zero-order valence-electron chi connectivity index (χ0n) is 11.7. The molecule has 3 aromatic rings. The highest BCUT2D eigenvalue weighted by Gasteiger charge is 2.12. The van der Waals surface area contributed by atoms with E-state index in [1.165, 1.54) is 5.56 Å². The van der Waals surface area contributed by atoms with Crippen molar-refractivity contribution in [1.82, 2.24) is 9.38 Å². The van der Waals surface area contributed by atoms with Gasteiger partial charge in [0.25, 0.3) is 0 Å². The predicted molar refractivity (Wildman–Crippen MR) is 84.3 cm³/mol. The average molecular weight is 285 g/mol. The zero-order chi connectivity index (χ0) is 14.1. The van der Waals surface area contributed by atoms with Crippen molar-refractivity contribution in [2.45, 2.75) is 25.6 Å². The maximum Gasteiger partial charge on any atom is 0.137 e. The number of imidazole rings is 1. The Balaban J connectivity index is 2.13. The van der Waals surface area contributed by atoms with Crippen LogP contribution in [-0.4, -0.2) is 9.38 Å². The highest BCUT2D eigenvalue weighted by Crippen LogP contribution is 2.27. The quantitative estimate of drug-likeness (QED) is 0.628. The smallest absolute Gasteiger partial charge is 0.137 e. The lowest BCUT2D eigenvalue weighted by Crippen LogP contribution is -1.91. The van der Waals surface area contributed by atoms with Gasteiger partial charge in [-0.15, -0.1) is 11.6 Å². The van der Waals surface area contributed by atoms with Crippen molar-refractivity contribution in [3.8, 4) is 11.3 Å². The van der Waals surface area contributed by atoms with Crippen LogP contribution in [0.25, 0.3) is 16.9 Å². The largest absolute Gasteiger partial charge is 0.302 e. The number of halogens is 1. The first-order chi connectivity index (χ1) is 9.70. The van der Waals surface area contributed by atoms with E-state index < -0.39 is 0 Å². The molecule has 0 aliphatic carbocycles. The molecular formula is C17H17ClN2. The summed E-state index contributed by atoms with van der Waals surface area (Å²) in [5.74, 6) is 0.990. The molecular weight excluding hydrogens is 268 g/mol. The van der Waals surface area contributed by atoms with Gasteiger partial charge in [0.15, 0.2) is 0 Å². The molecule has 0 fully saturated rings. The molecule has 2 aromatic heterocycles. The summed E-state index contributed by atoms with van der Waals surface area (Å²) in [6.45, 7) is 4.40. The van der Waals surface area contributed by atoms with E-state index in [2.05, 4.69) is 42.5 Å². The summed E-state index contributed by atoms with van der Waals surface area (Å²) in [4.78, 5) is 4.71. The van der Waals surface area contributed by atoms with Gasteiger partial charge in [0, 0.05) is 11.8 Å². The highest BCUT2D eigenvalue weighted by molar-refractivity contribution is 6.17. The van der Waals surface area contributed by atoms with Crippen LogP contribution in [0.15, 0.2) is 48.7 Å². The van der Waals surface area contributed by atoms with Crippen molar-refractivity contribution in [3.63, 3.8) is 0 Å². The number of rotatable bonds is 3. The van der Waals surface area contributed by atoms with Gasteiger partial charge < -0.3 is 4.40 Å². The summed E-state index contributed by atoms with van der Waals surface area (Å²) in [5, 5.41) is 0. The van der Waals surface area contributed by atoms with Gasteiger partial charge in [0.1, 0.15) is 5.65 Å². The Labute approximate surface area is 124 Å². The fraction of sp³-hybridized carbons (Fsp3) is 0.235. The number of aromatic nitrogens is 2. The van der Waals surface area contributed by atoms with Crippen LogP contribution in [0, 0.1) is 0 Å². The highest BCUT2D eigenvalue weighted by atomic mass is 35.5. The van der Waals surface area contributed by atoms with Crippen molar-refractivity contribution < 1.29 is 0 Å². The molecule has 0 aliphatic heterocycles. The molecule has 2 heterocycles. The molecule has 1 aromatic carbocycles. The van der Waals surface area contributed by atoms with Crippen LogP contribution in [0.3, 0.4) is 0 Å². The molecule has 0 unspecified atom stereocenters. The minimum absolute atomic E-state index is 0.451. The lowest BCUT2D eigenvalue weighted by Gasteiger charge is -2.06. The first-order valence-corrected chi connectivity index (χ1v) is 7.36. The molecule has 0 saturated heterocycles. The second-order valence-electron chi connectivity index (χ2n) is 5.25. The van der Waals surface area contributed by atoms with Gasteiger partial charge in [-0.1, -0.05) is 44.2 Å². The Morgan fingerprint density at radius 2 is 1.85 bits per heavy atom. The van der Waals surface area contributed by atoms with E-state index in [4.69, 9.17) is 16.6 Å². The van der Waals surface area contributed by atoms with Gasteiger partial charge >= 0.3 is 0 Å². The first kappa shape index (κ1) is 13.2. The van der Waals surface area contributed by atoms with Crippen molar-refractivity contribution >= 4 is 17.2 Å². The number of pyridine rings is 1. The Morgan fingerprint density at radius 1 is 1.10 bits per heavy atom. The number of hydrogen-bond acceptors (Lipinski definition) is 1. The molecule has 0 bridgehead atoms. The molecule has 3 heteroatoms. The topological polar surface area (TPSA) is 17.3 Å². The van der Waals surface area contributed by atoms with Crippen molar-refractivity contribution in [2.75, 3.05) is 0 Å². The van der Waals surface area contributed by atoms with Crippen LogP contribution in [0.2, 0.25) is 0 Å². The second-order valence-corrected chi connectivity index (χ2v) is 5.51. The number of alkyl halides is 1. The van der Waals surface area contributed by atoms with Gasteiger partial charge in [0.05, 0.1) is 17.3 Å². The van der Waals surface area contributed by atoms with Gasteiger partial charge in [-0.25, -0.2) is 4.98 Å². The molecule has 0 atom stereocenters. The van der Waals surface area contributed by atoms with Gasteiger partial charge in [-0.05, 0) is 23.6 Å². The van der Waals surface area contributed by atoms with Crippen LogP contribution in [0.5, 0.6) is 0 Å². The summed E-state index contributed by atoms with van der Waals surface area (Å²) in [7, 11) is 0. The third kappa shape index (κ3) is 2.20. The predicted octanol–water partition coefficient (Wildman–Crippen LogP) is 4.86. The summed E-state index contributed by atoms with van der Waals surface area (Å²) in [5.41, 5.74) is 5.41. The van der Waals surface area contributed by atoms with Crippen molar-refractivity contribution in [3.05, 3.63) is 59.9 Å². The van der Waals surface area contributed by atoms with E-state index in [1.807, 2.05) is 24.4 Å². The molecule has 0 spiro atoms. The maximum atomic E-state index is 6.12. The van der Waals surface area contributed by atoms with Crippen LogP contribution >= 0.6 is 11.6 Å².